The Morgan fingerprint density at radius 2 is 1.85 bits per heavy atom. The highest BCUT2D eigenvalue weighted by Crippen LogP contribution is 2.29. The van der Waals surface area contributed by atoms with E-state index in [-0.39, 0.29) is 11.8 Å². The van der Waals surface area contributed by atoms with Crippen molar-refractivity contribution in [1.82, 2.24) is 15.6 Å². The maximum Gasteiger partial charge on any atom is 0.242 e. The van der Waals surface area contributed by atoms with Gasteiger partial charge in [-0.15, -0.1) is 0 Å². The van der Waals surface area contributed by atoms with E-state index in [1.165, 1.54) is 12.8 Å². The molecular weight excluding hydrogens is 426 g/mol. The molecule has 0 aliphatic carbocycles. The summed E-state index contributed by atoms with van der Waals surface area (Å²) in [6.45, 7) is 9.28. The number of carbonyl (C=O) groups excluding carboxylic acids is 2. The van der Waals surface area contributed by atoms with Crippen LogP contribution in [0.4, 0.5) is 17.2 Å². The first-order valence-electron chi connectivity index (χ1n) is 12.5. The summed E-state index contributed by atoms with van der Waals surface area (Å²) in [7, 11) is 0. The largest absolute Gasteiger partial charge is 0.357 e. The Morgan fingerprint density at radius 3 is 2.50 bits per heavy atom. The molecule has 2 saturated heterocycles. The molecule has 34 heavy (non-hydrogen) atoms. The van der Waals surface area contributed by atoms with Gasteiger partial charge in [0.15, 0.2) is 0 Å². The number of hydrogen-bond donors (Lipinski definition) is 3. The van der Waals surface area contributed by atoms with Crippen molar-refractivity contribution in [2.24, 2.45) is 11.8 Å². The van der Waals surface area contributed by atoms with Gasteiger partial charge in [-0.05, 0) is 74.3 Å². The van der Waals surface area contributed by atoms with Crippen LogP contribution in [0.5, 0.6) is 0 Å². The quantitative estimate of drug-likeness (QED) is 0.570. The van der Waals surface area contributed by atoms with E-state index in [2.05, 4.69) is 46.8 Å². The Morgan fingerprint density at radius 1 is 1.12 bits per heavy atom. The molecule has 3 heterocycles. The molecule has 7 heteroatoms. The van der Waals surface area contributed by atoms with E-state index in [0.29, 0.717) is 19.4 Å². The van der Waals surface area contributed by atoms with E-state index in [4.69, 9.17) is 4.98 Å². The van der Waals surface area contributed by atoms with Crippen molar-refractivity contribution in [3.63, 3.8) is 0 Å². The van der Waals surface area contributed by atoms with Crippen molar-refractivity contribution in [3.05, 3.63) is 47.7 Å². The molecule has 1 atom stereocenters. The van der Waals surface area contributed by atoms with Crippen LogP contribution in [0.15, 0.2) is 36.4 Å². The fourth-order valence-electron chi connectivity index (χ4n) is 4.83. The summed E-state index contributed by atoms with van der Waals surface area (Å²) in [6.07, 6.45) is 4.44. The van der Waals surface area contributed by atoms with Gasteiger partial charge < -0.3 is 20.9 Å². The van der Waals surface area contributed by atoms with Crippen LogP contribution >= 0.6 is 0 Å². The number of nitrogens with one attached hydrogen (secondary N) is 3. The summed E-state index contributed by atoms with van der Waals surface area (Å²) in [5.41, 5.74) is 3.96. The molecule has 2 aliphatic rings. The minimum atomic E-state index is -0.415. The highest BCUT2D eigenvalue weighted by Gasteiger charge is 2.24. The fourth-order valence-corrected chi connectivity index (χ4v) is 4.83. The number of carbonyl (C=O) groups is 2. The molecule has 182 valence electrons. The molecule has 2 aromatic rings. The highest BCUT2D eigenvalue weighted by atomic mass is 16.2. The molecule has 1 aromatic carbocycles. The molecule has 1 unspecified atom stereocenters. The number of nitrogens with zero attached hydrogens (tertiary/aromatic N) is 2. The van der Waals surface area contributed by atoms with Gasteiger partial charge in [0.1, 0.15) is 11.9 Å². The van der Waals surface area contributed by atoms with Crippen LogP contribution in [0.1, 0.15) is 57.2 Å². The molecular formula is C27H37N5O2. The molecule has 4 rings (SSSR count). The molecule has 3 N–H and O–H groups in total. The lowest BCUT2D eigenvalue weighted by Crippen LogP contribution is -2.48. The molecule has 2 aliphatic heterocycles. The summed E-state index contributed by atoms with van der Waals surface area (Å²) in [4.78, 5) is 31.1. The molecule has 0 spiro atoms. The summed E-state index contributed by atoms with van der Waals surface area (Å²) >= 11 is 0. The Kier molecular flexibility index (Phi) is 7.70. The van der Waals surface area contributed by atoms with Crippen molar-refractivity contribution < 1.29 is 9.59 Å². The molecule has 0 radical (unpaired) electrons. The summed E-state index contributed by atoms with van der Waals surface area (Å²) in [5, 5.41) is 9.14. The predicted octanol–water partition coefficient (Wildman–Crippen LogP) is 4.29. The normalized spacial score (nSPS) is 19.1. The van der Waals surface area contributed by atoms with Gasteiger partial charge in [-0.1, -0.05) is 26.0 Å². The Hall–Kier alpha value is -3.09. The molecule has 2 fully saturated rings. The zero-order chi connectivity index (χ0) is 24.1. The average Bonchev–Trinajstić information content (AvgIpc) is 2.84. The number of anilines is 3. The second-order valence-corrected chi connectivity index (χ2v) is 9.92. The standard InChI is InChI=1S/C27H37N5O2/c1-18(2)21-13-15-32(16-14-21)25-12-11-23(19(3)29-25)30-22-9-7-20(8-10-22)17-28-27(34)24-5-4-6-26(33)31-24/h7-12,18,21,24,30H,4-6,13-17H2,1-3H3,(H,28,34)(H,31,33). The summed E-state index contributed by atoms with van der Waals surface area (Å²) in [6, 6.07) is 11.8. The van der Waals surface area contributed by atoms with E-state index < -0.39 is 6.04 Å². The monoisotopic (exact) mass is 463 g/mol. The summed E-state index contributed by atoms with van der Waals surface area (Å²) in [5.74, 6) is 2.47. The molecule has 1 aromatic heterocycles. The first-order chi connectivity index (χ1) is 16.4. The lowest BCUT2D eigenvalue weighted by Gasteiger charge is -2.34. The van der Waals surface area contributed by atoms with Crippen LogP contribution in [0.2, 0.25) is 0 Å². The number of aromatic nitrogens is 1. The van der Waals surface area contributed by atoms with Crippen LogP contribution < -0.4 is 20.9 Å². The lowest BCUT2D eigenvalue weighted by molar-refractivity contribution is -0.131. The van der Waals surface area contributed by atoms with Crippen LogP contribution in [-0.4, -0.2) is 35.9 Å². The van der Waals surface area contributed by atoms with Crippen molar-refractivity contribution in [1.29, 1.82) is 0 Å². The number of benzene rings is 1. The third-order valence-electron chi connectivity index (χ3n) is 7.13. The van der Waals surface area contributed by atoms with E-state index >= 15 is 0 Å². The topological polar surface area (TPSA) is 86.4 Å². The van der Waals surface area contributed by atoms with Gasteiger partial charge in [0.25, 0.3) is 0 Å². The van der Waals surface area contributed by atoms with Gasteiger partial charge in [-0.2, -0.15) is 0 Å². The van der Waals surface area contributed by atoms with E-state index in [0.717, 1.165) is 59.8 Å². The summed E-state index contributed by atoms with van der Waals surface area (Å²) < 4.78 is 0. The Labute approximate surface area is 202 Å². The fraction of sp³-hybridized carbons (Fsp3) is 0.519. The van der Waals surface area contributed by atoms with Crippen LogP contribution in [0, 0.1) is 18.8 Å². The Balaban J connectivity index is 1.29. The predicted molar refractivity (Wildman–Crippen MR) is 136 cm³/mol. The third kappa shape index (κ3) is 6.07. The SMILES string of the molecule is Cc1nc(N2CCC(C(C)C)CC2)ccc1Nc1ccc(CNC(=O)C2CCCC(=O)N2)cc1. The maximum absolute atomic E-state index is 12.3. The molecule has 0 bridgehead atoms. The second kappa shape index (κ2) is 10.9. The average molecular weight is 464 g/mol. The van der Waals surface area contributed by atoms with Crippen LogP contribution in [0.25, 0.3) is 0 Å². The maximum atomic E-state index is 12.3. The Bertz CT molecular complexity index is 997. The number of aryl methyl sites for hydroxylation is 1. The second-order valence-electron chi connectivity index (χ2n) is 9.92. The zero-order valence-electron chi connectivity index (χ0n) is 20.6. The van der Waals surface area contributed by atoms with Crippen molar-refractivity contribution in [3.8, 4) is 0 Å². The minimum Gasteiger partial charge on any atom is -0.357 e. The van der Waals surface area contributed by atoms with Gasteiger partial charge in [-0.3, -0.25) is 9.59 Å². The van der Waals surface area contributed by atoms with E-state index in [1.54, 1.807) is 0 Å². The number of piperidine rings is 2. The number of hydrogen-bond acceptors (Lipinski definition) is 5. The van der Waals surface area contributed by atoms with Crippen molar-refractivity contribution in [2.75, 3.05) is 23.3 Å². The number of amides is 2. The first-order valence-corrected chi connectivity index (χ1v) is 12.5. The van der Waals surface area contributed by atoms with Crippen molar-refractivity contribution in [2.45, 2.75) is 65.5 Å². The first kappa shape index (κ1) is 24.0. The zero-order valence-corrected chi connectivity index (χ0v) is 20.6. The van der Waals surface area contributed by atoms with E-state index in [1.807, 2.05) is 31.2 Å². The van der Waals surface area contributed by atoms with Crippen LogP contribution in [-0.2, 0) is 16.1 Å². The third-order valence-corrected chi connectivity index (χ3v) is 7.13. The highest BCUT2D eigenvalue weighted by molar-refractivity contribution is 5.88. The lowest BCUT2D eigenvalue weighted by atomic mass is 9.87. The van der Waals surface area contributed by atoms with Gasteiger partial charge in [0.05, 0.1) is 11.4 Å². The van der Waals surface area contributed by atoms with Crippen molar-refractivity contribution >= 4 is 29.0 Å². The van der Waals surface area contributed by atoms with Crippen LogP contribution in [0.3, 0.4) is 0 Å². The van der Waals surface area contributed by atoms with Gasteiger partial charge in [0.2, 0.25) is 11.8 Å². The number of rotatable bonds is 7. The van der Waals surface area contributed by atoms with E-state index in [9.17, 15) is 9.59 Å². The van der Waals surface area contributed by atoms with Gasteiger partial charge >= 0.3 is 0 Å². The minimum absolute atomic E-state index is 0.0460. The molecule has 7 nitrogen and oxygen atoms in total. The van der Waals surface area contributed by atoms with Gasteiger partial charge in [0, 0.05) is 31.7 Å². The number of pyridine rings is 1. The smallest absolute Gasteiger partial charge is 0.242 e. The molecule has 0 saturated carbocycles. The van der Waals surface area contributed by atoms with Gasteiger partial charge in [-0.25, -0.2) is 4.98 Å². The molecule has 2 amide bonds.